The Hall–Kier alpha value is -3.48. The minimum atomic E-state index is -0.170. The van der Waals surface area contributed by atoms with E-state index in [0.717, 1.165) is 56.4 Å². The average molecular weight is 625 g/mol. The zero-order valence-electron chi connectivity index (χ0n) is 28.5. The van der Waals surface area contributed by atoms with Crippen molar-refractivity contribution in [2.45, 2.75) is 70.9 Å². The fourth-order valence-electron chi connectivity index (χ4n) is 7.53. The number of benzene rings is 3. The van der Waals surface area contributed by atoms with Gasteiger partial charge in [-0.05, 0) is 93.5 Å². The van der Waals surface area contributed by atoms with E-state index in [4.69, 9.17) is 9.40 Å². The molecule has 0 spiro atoms. The van der Waals surface area contributed by atoms with Crippen molar-refractivity contribution in [2.75, 3.05) is 45.7 Å². The van der Waals surface area contributed by atoms with Gasteiger partial charge in [-0.3, -0.25) is 4.90 Å². The zero-order valence-corrected chi connectivity index (χ0v) is 28.5. The van der Waals surface area contributed by atoms with Crippen molar-refractivity contribution in [1.82, 2.24) is 14.8 Å². The van der Waals surface area contributed by atoms with Gasteiger partial charge in [0, 0.05) is 26.1 Å². The van der Waals surface area contributed by atoms with Gasteiger partial charge in [0.15, 0.2) is 0 Å². The maximum Gasteiger partial charge on any atom is 0.219 e. The quantitative estimate of drug-likeness (QED) is 0.132. The molecule has 1 aliphatic carbocycles. The lowest BCUT2D eigenvalue weighted by Crippen LogP contribution is -2.33. The molecule has 0 radical (unpaired) electrons. The van der Waals surface area contributed by atoms with E-state index < -0.39 is 0 Å². The monoisotopic (exact) mass is 624 g/mol. The molecule has 2 unspecified atom stereocenters. The summed E-state index contributed by atoms with van der Waals surface area (Å²) in [5.41, 5.74) is 4.80. The first-order chi connectivity index (χ1) is 22.4. The summed E-state index contributed by atoms with van der Waals surface area (Å²) in [6.07, 6.45) is 7.48. The lowest BCUT2D eigenvalue weighted by Gasteiger charge is -2.39. The highest BCUT2D eigenvalue weighted by Crippen LogP contribution is 2.43. The van der Waals surface area contributed by atoms with Crippen LogP contribution in [0.1, 0.15) is 86.3 Å². The average Bonchev–Trinajstić information content (AvgIpc) is 3.49. The van der Waals surface area contributed by atoms with Gasteiger partial charge < -0.3 is 14.2 Å². The first kappa shape index (κ1) is 33.9. The van der Waals surface area contributed by atoms with E-state index in [-0.39, 0.29) is 11.9 Å². The molecule has 3 aromatic carbocycles. The molecule has 6 heteroatoms. The number of halogens is 1. The number of aromatic nitrogens is 1. The van der Waals surface area contributed by atoms with Crippen LogP contribution < -0.4 is 4.90 Å². The number of anilines is 1. The van der Waals surface area contributed by atoms with Crippen molar-refractivity contribution >= 4 is 5.88 Å². The Morgan fingerprint density at radius 1 is 0.804 bits per heavy atom. The Morgan fingerprint density at radius 2 is 1.41 bits per heavy atom. The van der Waals surface area contributed by atoms with Crippen molar-refractivity contribution in [1.29, 1.82) is 0 Å². The van der Waals surface area contributed by atoms with E-state index in [1.807, 2.05) is 12.1 Å². The molecule has 46 heavy (non-hydrogen) atoms. The number of nitrogens with zero attached hydrogens (tertiary/aromatic N) is 4. The Bertz CT molecular complexity index is 1440. The number of hydrogen-bond donors (Lipinski definition) is 0. The third kappa shape index (κ3) is 8.65. The molecule has 0 bridgehead atoms. The molecule has 246 valence electrons. The molecule has 0 amide bonds. The van der Waals surface area contributed by atoms with E-state index in [0.29, 0.717) is 17.9 Å². The van der Waals surface area contributed by atoms with Crippen LogP contribution in [-0.2, 0) is 12.8 Å². The van der Waals surface area contributed by atoms with Crippen LogP contribution in [0.3, 0.4) is 0 Å². The van der Waals surface area contributed by atoms with Gasteiger partial charge in [-0.2, -0.15) is 0 Å². The molecule has 0 saturated heterocycles. The zero-order chi connectivity index (χ0) is 32.5. The van der Waals surface area contributed by atoms with E-state index in [9.17, 15) is 4.39 Å². The number of rotatable bonds is 15. The fourth-order valence-corrected chi connectivity index (χ4v) is 7.53. The van der Waals surface area contributed by atoms with E-state index in [1.54, 1.807) is 12.1 Å². The van der Waals surface area contributed by atoms with Gasteiger partial charge in [0.2, 0.25) is 11.8 Å². The molecule has 2 atom stereocenters. The second-order valence-electron chi connectivity index (χ2n) is 13.3. The Kier molecular flexibility index (Phi) is 12.1. The van der Waals surface area contributed by atoms with Crippen LogP contribution in [0.25, 0.3) is 0 Å². The molecule has 1 aromatic heterocycles. The Balaban J connectivity index is 1.34. The van der Waals surface area contributed by atoms with Crippen molar-refractivity contribution in [3.63, 3.8) is 0 Å². The first-order valence-electron chi connectivity index (χ1n) is 17.3. The van der Waals surface area contributed by atoms with Crippen LogP contribution in [0.5, 0.6) is 0 Å². The third-order valence-corrected chi connectivity index (χ3v) is 10.0. The fraction of sp³-hybridized carbons (Fsp3) is 0.475. The second-order valence-corrected chi connectivity index (χ2v) is 13.3. The normalized spacial score (nSPS) is 18.2. The Morgan fingerprint density at radius 3 is 2.00 bits per heavy atom. The number of hydrogen-bond acceptors (Lipinski definition) is 5. The highest BCUT2D eigenvalue weighted by molar-refractivity contribution is 5.43. The molecular formula is C40H53FN4O. The summed E-state index contributed by atoms with van der Waals surface area (Å²) in [4.78, 5) is 12.4. The van der Waals surface area contributed by atoms with Crippen LogP contribution in [0.2, 0.25) is 0 Å². The maximum absolute atomic E-state index is 13.7. The number of oxazole rings is 1. The maximum atomic E-state index is 13.7. The van der Waals surface area contributed by atoms with Crippen molar-refractivity contribution in [3.8, 4) is 0 Å². The second kappa shape index (κ2) is 16.4. The highest BCUT2D eigenvalue weighted by atomic mass is 19.1. The van der Waals surface area contributed by atoms with Gasteiger partial charge in [0.1, 0.15) is 11.5 Å². The molecule has 1 heterocycles. The van der Waals surface area contributed by atoms with Crippen molar-refractivity contribution < 1.29 is 8.81 Å². The molecule has 5 nitrogen and oxygen atoms in total. The van der Waals surface area contributed by atoms with Crippen LogP contribution in [0, 0.1) is 17.7 Å². The molecule has 0 N–H and O–H groups in total. The van der Waals surface area contributed by atoms with Gasteiger partial charge in [0.05, 0.1) is 6.04 Å². The summed E-state index contributed by atoms with van der Waals surface area (Å²) in [5.74, 6) is 2.75. The van der Waals surface area contributed by atoms with Crippen LogP contribution in [0.15, 0.2) is 89.3 Å². The predicted octanol–water partition coefficient (Wildman–Crippen LogP) is 8.97. The lowest BCUT2D eigenvalue weighted by atomic mass is 9.74. The van der Waals surface area contributed by atoms with Gasteiger partial charge in [-0.25, -0.2) is 9.37 Å². The summed E-state index contributed by atoms with van der Waals surface area (Å²) in [6.45, 7) is 7.27. The minimum absolute atomic E-state index is 0.143. The van der Waals surface area contributed by atoms with Crippen LogP contribution in [-0.4, -0.2) is 55.6 Å². The van der Waals surface area contributed by atoms with E-state index in [1.165, 1.54) is 42.4 Å². The third-order valence-electron chi connectivity index (χ3n) is 10.0. The molecule has 1 saturated carbocycles. The van der Waals surface area contributed by atoms with Crippen LogP contribution in [0.4, 0.5) is 10.3 Å². The SMILES string of the molecule is CCN(CC)C(CC1CCC(C(c2ccc(F)cc2)N(C)C)CC1)c1nc(Cc2ccccc2)c(N(C)CCc2ccccc2)o1. The van der Waals surface area contributed by atoms with Crippen molar-refractivity contribution in [3.05, 3.63) is 119 Å². The largest absolute Gasteiger partial charge is 0.423 e. The summed E-state index contributed by atoms with van der Waals surface area (Å²) in [6, 6.07) is 28.9. The Labute approximate surface area is 276 Å². The van der Waals surface area contributed by atoms with Crippen molar-refractivity contribution in [2.24, 2.45) is 11.8 Å². The van der Waals surface area contributed by atoms with Gasteiger partial charge in [-0.1, -0.05) is 99.5 Å². The van der Waals surface area contributed by atoms with Gasteiger partial charge in [0.25, 0.3) is 0 Å². The summed E-state index contributed by atoms with van der Waals surface area (Å²) in [5, 5.41) is 0. The van der Waals surface area contributed by atoms with Gasteiger partial charge in [-0.15, -0.1) is 0 Å². The minimum Gasteiger partial charge on any atom is -0.423 e. The van der Waals surface area contributed by atoms with E-state index in [2.05, 4.69) is 110 Å². The molecule has 0 aliphatic heterocycles. The predicted molar refractivity (Wildman–Crippen MR) is 188 cm³/mol. The topological polar surface area (TPSA) is 35.8 Å². The molecule has 5 rings (SSSR count). The summed E-state index contributed by atoms with van der Waals surface area (Å²) < 4.78 is 20.5. The standard InChI is InChI=1S/C40H53FN4O/c1-6-45(7-2)37(29-32-18-20-33(21-19-32)38(43(3)4)34-22-24-35(41)25-23-34)39-42-36(28-31-16-12-9-13-17-31)40(46-39)44(5)27-26-30-14-10-8-11-15-30/h8-17,22-25,32-33,37-38H,6-7,18-21,26-29H2,1-5H3. The molecule has 1 aliphatic rings. The van der Waals surface area contributed by atoms with Crippen LogP contribution >= 0.6 is 0 Å². The highest BCUT2D eigenvalue weighted by Gasteiger charge is 2.34. The van der Waals surface area contributed by atoms with Gasteiger partial charge >= 0.3 is 0 Å². The van der Waals surface area contributed by atoms with E-state index >= 15 is 0 Å². The number of likely N-dealkylation sites (N-methyl/N-ethyl adjacent to an activating group) is 1. The molecule has 4 aromatic rings. The molecule has 1 fully saturated rings. The summed E-state index contributed by atoms with van der Waals surface area (Å²) in [7, 11) is 6.44. The first-order valence-corrected chi connectivity index (χ1v) is 17.3. The molecular weight excluding hydrogens is 571 g/mol. The summed E-state index contributed by atoms with van der Waals surface area (Å²) >= 11 is 0. The smallest absolute Gasteiger partial charge is 0.219 e. The lowest BCUT2D eigenvalue weighted by molar-refractivity contribution is 0.112.